The van der Waals surface area contributed by atoms with E-state index in [9.17, 15) is 0 Å². The van der Waals surface area contributed by atoms with Crippen molar-refractivity contribution in [3.05, 3.63) is 386 Å². The van der Waals surface area contributed by atoms with Crippen LogP contribution in [0.4, 0.5) is 0 Å². The van der Waals surface area contributed by atoms with Crippen LogP contribution in [0.3, 0.4) is 0 Å². The van der Waals surface area contributed by atoms with Gasteiger partial charge in [0.15, 0.2) is 0 Å². The Morgan fingerprint density at radius 3 is 0.859 bits per heavy atom. The SMILES string of the molecule is CC.CC.CC.CC.CC.CC.CC.CC.CC.CC.CC.CC.CC.CC.CC.CC.CC.Cc1c2ccccc2cc2ccccc12.Cc1ccc2cc3ccccc3cc2c1.Cc1cccc2cc3ccccc3cc12.Cc1ccccn1.Cc1cccnc1.Cc1ccncc1.Cc1ccncn1.Cc1ncccn1.Cc1ncncn1.Cn1c2ccccc2c2ccccc21. The van der Waals surface area contributed by atoms with Crippen LogP contribution in [-0.4, -0.2) is 54.4 Å². The minimum absolute atomic E-state index is 0.759. The van der Waals surface area contributed by atoms with Crippen LogP contribution in [-0.2, 0) is 7.05 Å². The zero-order chi connectivity index (χ0) is 105. The second-order valence-corrected chi connectivity index (χ2v) is 23.9. The number of benzene rings is 11. The molecule has 18 aromatic rings. The summed E-state index contributed by atoms with van der Waals surface area (Å²) in [6.45, 7) is 86.1. The first kappa shape index (κ1) is 140. The standard InChI is InChI=1S/3C15H12.C13H11N.3C6H7N.2C5H6N2.C4H5N3.17C2H6/c1-11-14-8-4-2-6-12(14)10-13-7-3-5-9-15(11)13;1-11-5-4-8-14-9-12-6-2-3-7-13(12)10-15(11)14;1-11-6-7-14-9-12-4-2-3-5-13(12)10-15(14)8-11;1-14-12-8-4-2-6-10(12)11-7-3-5-9-13(11)14;1-6-2-4-7-5-3-6;1-6-3-2-4-7-5-6;1-6-4-2-3-5-7-6;1-5-2-3-6-4-7-5;1-5-6-3-2-4-7-5;1-4-6-2-5-3-7-4;17*1-2/h3*2-10H,1H3;2-9H,1H3;3*2-5H,1H3;2*2-4H,1H3;2-3H,1H3;17*1-2H3. The molecule has 0 N–H and O–H groups in total. The second-order valence-electron chi connectivity index (χ2n) is 23.9. The van der Waals surface area contributed by atoms with E-state index in [1.165, 1.54) is 133 Å². The molecule has 0 fully saturated rings. The average molecular weight is 1830 g/mol. The highest BCUT2D eigenvalue weighted by atomic mass is 15.0. The molecule has 0 aliphatic heterocycles. The van der Waals surface area contributed by atoms with Crippen molar-refractivity contribution in [3.8, 4) is 0 Å². The fraction of sp³-hybridized carbons (Fsp3) is 0.355. The van der Waals surface area contributed by atoms with Gasteiger partial charge >= 0.3 is 0 Å². The van der Waals surface area contributed by atoms with Crippen molar-refractivity contribution in [1.29, 1.82) is 0 Å². The normalized spacial score (nSPS) is 8.30. The molecule has 7 aromatic heterocycles. The molecule has 7 heterocycles. The molecular weight excluding hydrogens is 1640 g/mol. The summed E-state index contributed by atoms with van der Waals surface area (Å²) in [5.74, 6) is 1.58. The summed E-state index contributed by atoms with van der Waals surface area (Å²) in [5.41, 5.74) is 11.2. The number of hydrogen-bond acceptors (Lipinski definition) is 10. The second kappa shape index (κ2) is 103. The molecule has 0 aliphatic carbocycles. The Kier molecular flexibility index (Phi) is 108. The quantitative estimate of drug-likeness (QED) is 0.135. The molecule has 11 nitrogen and oxygen atoms in total. The first-order chi connectivity index (χ1) is 66.3. The largest absolute Gasteiger partial charge is 0.344 e. The van der Waals surface area contributed by atoms with E-state index in [0.29, 0.717) is 0 Å². The van der Waals surface area contributed by atoms with Gasteiger partial charge in [0.2, 0.25) is 0 Å². The molecule has 0 saturated heterocycles. The molecule has 0 amide bonds. The molecule has 0 bridgehead atoms. The molecule has 0 atom stereocenters. The maximum atomic E-state index is 3.98. The lowest BCUT2D eigenvalue weighted by atomic mass is 9.98. The number of fused-ring (bicyclic) bond motifs is 9. The zero-order valence-corrected chi connectivity index (χ0v) is 93.2. The number of para-hydroxylation sites is 2. The van der Waals surface area contributed by atoms with Crippen molar-refractivity contribution in [1.82, 2.24) is 54.4 Å². The van der Waals surface area contributed by atoms with Gasteiger partial charge in [-0.15, -0.1) is 0 Å². The highest BCUT2D eigenvalue weighted by Gasteiger charge is 2.06. The molecule has 135 heavy (non-hydrogen) atoms. The van der Waals surface area contributed by atoms with Gasteiger partial charge in [-0.3, -0.25) is 15.0 Å². The third-order valence-electron chi connectivity index (χ3n) is 16.2. The molecule has 0 saturated carbocycles. The van der Waals surface area contributed by atoms with Crippen molar-refractivity contribution >= 4 is 86.4 Å². The van der Waals surface area contributed by atoms with Gasteiger partial charge in [-0.05, 0) is 234 Å². The van der Waals surface area contributed by atoms with Crippen LogP contribution >= 0.6 is 0 Å². The number of hydrogen-bond donors (Lipinski definition) is 0. The van der Waals surface area contributed by atoms with Crippen molar-refractivity contribution in [2.45, 2.75) is 298 Å². The number of aryl methyl sites for hydroxylation is 10. The Bertz CT molecular complexity index is 5040. The highest BCUT2D eigenvalue weighted by molar-refractivity contribution is 6.08. The van der Waals surface area contributed by atoms with Crippen LogP contribution in [0, 0.1) is 62.3 Å². The summed E-state index contributed by atoms with van der Waals surface area (Å²) in [5, 5.41) is 18.6. The first-order valence-electron chi connectivity index (χ1n) is 50.5. The number of rotatable bonds is 0. The Balaban J connectivity index is -0.000000182. The Labute approximate surface area is 826 Å². The minimum Gasteiger partial charge on any atom is -0.344 e. The van der Waals surface area contributed by atoms with Crippen LogP contribution in [0.2, 0.25) is 0 Å². The van der Waals surface area contributed by atoms with Crippen molar-refractivity contribution in [2.24, 2.45) is 7.05 Å². The predicted molar refractivity (Wildman–Crippen MR) is 617 cm³/mol. The van der Waals surface area contributed by atoms with E-state index in [1.807, 2.05) is 332 Å². The third-order valence-corrected chi connectivity index (χ3v) is 16.2. The lowest BCUT2D eigenvalue weighted by Crippen LogP contribution is -1.84. The summed E-state index contributed by atoms with van der Waals surface area (Å²) in [7, 11) is 2.12. The molecule has 738 valence electrons. The maximum Gasteiger partial charge on any atom is 0.128 e. The van der Waals surface area contributed by atoms with E-state index in [0.717, 1.165) is 23.0 Å². The Hall–Kier alpha value is -12.6. The summed E-state index contributed by atoms with van der Waals surface area (Å²) in [4.78, 5) is 38.2. The van der Waals surface area contributed by atoms with Gasteiger partial charge in [0.25, 0.3) is 0 Å². The van der Waals surface area contributed by atoms with E-state index in [2.05, 4.69) is 295 Å². The smallest absolute Gasteiger partial charge is 0.128 e. The molecule has 11 heteroatoms. The van der Waals surface area contributed by atoms with Gasteiger partial charge < -0.3 is 4.57 Å². The molecule has 0 aliphatic rings. The monoisotopic (exact) mass is 1830 g/mol. The van der Waals surface area contributed by atoms with Crippen molar-refractivity contribution in [3.63, 3.8) is 0 Å². The number of pyridine rings is 3. The summed E-state index contributed by atoms with van der Waals surface area (Å²) in [6, 6.07) is 92.9. The number of aromatic nitrogens is 11. The predicted octanol–water partition coefficient (Wildman–Crippen LogP) is 39.6. The number of nitrogens with zero attached hydrogens (tertiary/aromatic N) is 11. The molecule has 18 rings (SSSR count). The van der Waals surface area contributed by atoms with E-state index < -0.39 is 0 Å². The Morgan fingerprint density at radius 2 is 0.526 bits per heavy atom. The topological polar surface area (TPSA) is 134 Å². The van der Waals surface area contributed by atoms with Crippen molar-refractivity contribution in [2.75, 3.05) is 0 Å². The van der Waals surface area contributed by atoms with Gasteiger partial charge in [0.05, 0.1) is 0 Å². The molecule has 11 aromatic carbocycles. The minimum atomic E-state index is 0.759. The van der Waals surface area contributed by atoms with Gasteiger partial charge in [-0.2, -0.15) is 0 Å². The Morgan fingerprint density at radius 1 is 0.185 bits per heavy atom. The van der Waals surface area contributed by atoms with Crippen LogP contribution in [0.5, 0.6) is 0 Å². The van der Waals surface area contributed by atoms with E-state index in [-0.39, 0.29) is 0 Å². The maximum absolute atomic E-state index is 3.98. The van der Waals surface area contributed by atoms with Gasteiger partial charge in [-0.1, -0.05) is 423 Å². The van der Waals surface area contributed by atoms with Crippen molar-refractivity contribution < 1.29 is 0 Å². The zero-order valence-electron chi connectivity index (χ0n) is 93.2. The average Bonchev–Trinajstić information content (AvgIpc) is 1.63. The fourth-order valence-corrected chi connectivity index (χ4v) is 10.9. The van der Waals surface area contributed by atoms with Crippen LogP contribution < -0.4 is 0 Å². The van der Waals surface area contributed by atoms with E-state index in [4.69, 9.17) is 0 Å². The summed E-state index contributed by atoms with van der Waals surface area (Å²) < 4.78 is 2.24. The lowest BCUT2D eigenvalue weighted by molar-refractivity contribution is 0.974. The van der Waals surface area contributed by atoms with Gasteiger partial charge in [0.1, 0.15) is 30.6 Å². The first-order valence-corrected chi connectivity index (χ1v) is 50.5. The van der Waals surface area contributed by atoms with E-state index >= 15 is 0 Å². The molecule has 0 radical (unpaired) electrons. The summed E-state index contributed by atoms with van der Waals surface area (Å²) >= 11 is 0. The van der Waals surface area contributed by atoms with Gasteiger partial charge in [0, 0.05) is 89.8 Å². The lowest BCUT2D eigenvalue weighted by Gasteiger charge is -2.06. The van der Waals surface area contributed by atoms with Gasteiger partial charge in [-0.25, -0.2) is 34.9 Å². The summed E-state index contributed by atoms with van der Waals surface area (Å²) in [6.07, 6.45) is 18.6. The van der Waals surface area contributed by atoms with Crippen LogP contribution in [0.15, 0.2) is 335 Å². The third kappa shape index (κ3) is 61.0. The molecular formula is C124H187N11. The molecule has 0 unspecified atom stereocenters. The fourth-order valence-electron chi connectivity index (χ4n) is 10.9. The van der Waals surface area contributed by atoms with E-state index in [1.54, 1.807) is 49.4 Å². The highest BCUT2D eigenvalue weighted by Crippen LogP contribution is 2.30. The molecule has 0 spiro atoms. The van der Waals surface area contributed by atoms with Crippen LogP contribution in [0.1, 0.15) is 286 Å². The van der Waals surface area contributed by atoms with Crippen LogP contribution in [0.25, 0.3) is 86.4 Å².